The monoisotopic (exact) mass is 225 g/mol. The summed E-state index contributed by atoms with van der Waals surface area (Å²) in [6, 6.07) is 0.746. The SMILES string of the molecule is CC1CCCC(C)C1NCC1CCCOC1. The van der Waals surface area contributed by atoms with E-state index in [1.54, 1.807) is 0 Å². The fourth-order valence-electron chi connectivity index (χ4n) is 3.36. The topological polar surface area (TPSA) is 21.3 Å². The first-order chi connectivity index (χ1) is 7.77. The summed E-state index contributed by atoms with van der Waals surface area (Å²) in [5, 5.41) is 3.81. The highest BCUT2D eigenvalue weighted by atomic mass is 16.5. The van der Waals surface area contributed by atoms with E-state index in [1.807, 2.05) is 0 Å². The first-order valence-electron chi connectivity index (χ1n) is 7.08. The highest BCUT2D eigenvalue weighted by Crippen LogP contribution is 2.29. The van der Waals surface area contributed by atoms with E-state index >= 15 is 0 Å². The van der Waals surface area contributed by atoms with Crippen molar-refractivity contribution in [2.24, 2.45) is 17.8 Å². The zero-order chi connectivity index (χ0) is 11.4. The predicted molar refractivity (Wildman–Crippen MR) is 67.5 cm³/mol. The van der Waals surface area contributed by atoms with E-state index in [9.17, 15) is 0 Å². The third kappa shape index (κ3) is 3.21. The Kier molecular flexibility index (Phi) is 4.66. The van der Waals surface area contributed by atoms with Gasteiger partial charge in [-0.15, -0.1) is 0 Å². The molecular formula is C14H27NO. The molecule has 1 saturated carbocycles. The van der Waals surface area contributed by atoms with Crippen LogP contribution in [0.15, 0.2) is 0 Å². The lowest BCUT2D eigenvalue weighted by Crippen LogP contribution is -2.45. The molecular weight excluding hydrogens is 198 g/mol. The summed E-state index contributed by atoms with van der Waals surface area (Å²) in [5.41, 5.74) is 0. The van der Waals surface area contributed by atoms with Gasteiger partial charge in [0.25, 0.3) is 0 Å². The third-order valence-electron chi connectivity index (χ3n) is 4.44. The van der Waals surface area contributed by atoms with E-state index in [4.69, 9.17) is 4.74 Å². The molecule has 94 valence electrons. The Morgan fingerprint density at radius 2 is 1.81 bits per heavy atom. The molecule has 0 bridgehead atoms. The molecule has 1 heterocycles. The number of hydrogen-bond acceptors (Lipinski definition) is 2. The minimum Gasteiger partial charge on any atom is -0.381 e. The number of nitrogens with one attached hydrogen (secondary N) is 1. The molecule has 0 aromatic rings. The van der Waals surface area contributed by atoms with Gasteiger partial charge in [0.1, 0.15) is 0 Å². The van der Waals surface area contributed by atoms with Crippen molar-refractivity contribution in [3.63, 3.8) is 0 Å². The largest absolute Gasteiger partial charge is 0.381 e. The van der Waals surface area contributed by atoms with Crippen LogP contribution in [0.5, 0.6) is 0 Å². The average molecular weight is 225 g/mol. The van der Waals surface area contributed by atoms with Gasteiger partial charge in [-0.05, 0) is 43.4 Å². The van der Waals surface area contributed by atoms with Crippen LogP contribution in [0, 0.1) is 17.8 Å². The smallest absolute Gasteiger partial charge is 0.0506 e. The van der Waals surface area contributed by atoms with Crippen LogP contribution in [-0.4, -0.2) is 25.8 Å². The Morgan fingerprint density at radius 3 is 2.44 bits per heavy atom. The molecule has 0 radical (unpaired) electrons. The quantitative estimate of drug-likeness (QED) is 0.797. The summed E-state index contributed by atoms with van der Waals surface area (Å²) in [5.74, 6) is 2.47. The van der Waals surface area contributed by atoms with Gasteiger partial charge in [0.2, 0.25) is 0 Å². The first-order valence-corrected chi connectivity index (χ1v) is 7.08. The minimum atomic E-state index is 0.746. The molecule has 2 nitrogen and oxygen atoms in total. The van der Waals surface area contributed by atoms with E-state index < -0.39 is 0 Å². The maximum Gasteiger partial charge on any atom is 0.0506 e. The fourth-order valence-corrected chi connectivity index (χ4v) is 3.36. The second-order valence-corrected chi connectivity index (χ2v) is 5.90. The molecule has 3 atom stereocenters. The molecule has 2 rings (SSSR count). The number of ether oxygens (including phenoxy) is 1. The zero-order valence-electron chi connectivity index (χ0n) is 10.9. The van der Waals surface area contributed by atoms with Crippen molar-refractivity contribution < 1.29 is 4.74 Å². The molecule has 0 aromatic heterocycles. The van der Waals surface area contributed by atoms with Crippen LogP contribution < -0.4 is 5.32 Å². The highest BCUT2D eigenvalue weighted by molar-refractivity contribution is 4.84. The summed E-state index contributed by atoms with van der Waals surface area (Å²) < 4.78 is 5.54. The summed E-state index contributed by atoms with van der Waals surface area (Å²) in [6.45, 7) is 7.93. The first kappa shape index (κ1) is 12.4. The second-order valence-electron chi connectivity index (χ2n) is 5.90. The maximum absolute atomic E-state index is 5.54. The molecule has 16 heavy (non-hydrogen) atoms. The lowest BCUT2D eigenvalue weighted by molar-refractivity contribution is 0.0506. The molecule has 2 heteroatoms. The van der Waals surface area contributed by atoms with Crippen molar-refractivity contribution in [1.29, 1.82) is 0 Å². The molecule has 2 fully saturated rings. The van der Waals surface area contributed by atoms with E-state index in [2.05, 4.69) is 19.2 Å². The second kappa shape index (κ2) is 6.02. The molecule has 1 aliphatic heterocycles. The Balaban J connectivity index is 1.74. The lowest BCUT2D eigenvalue weighted by Gasteiger charge is -2.36. The third-order valence-corrected chi connectivity index (χ3v) is 4.44. The van der Waals surface area contributed by atoms with Crippen molar-refractivity contribution in [2.75, 3.05) is 19.8 Å². The molecule has 0 aromatic carbocycles. The molecule has 0 spiro atoms. The number of rotatable bonds is 3. The Labute approximate surface area is 100 Å². The van der Waals surface area contributed by atoms with Crippen LogP contribution >= 0.6 is 0 Å². The van der Waals surface area contributed by atoms with Crippen molar-refractivity contribution in [3.05, 3.63) is 0 Å². The molecule has 0 amide bonds. The summed E-state index contributed by atoms with van der Waals surface area (Å²) in [7, 11) is 0. The van der Waals surface area contributed by atoms with Crippen LogP contribution in [-0.2, 0) is 4.74 Å². The van der Waals surface area contributed by atoms with Gasteiger partial charge in [-0.3, -0.25) is 0 Å². The van der Waals surface area contributed by atoms with Gasteiger partial charge in [0.05, 0.1) is 6.61 Å². The lowest BCUT2D eigenvalue weighted by atomic mass is 9.78. The minimum absolute atomic E-state index is 0.746. The van der Waals surface area contributed by atoms with Crippen LogP contribution in [0.25, 0.3) is 0 Å². The summed E-state index contributed by atoms with van der Waals surface area (Å²) in [6.07, 6.45) is 6.84. The van der Waals surface area contributed by atoms with Crippen LogP contribution in [0.2, 0.25) is 0 Å². The Bertz CT molecular complexity index is 191. The average Bonchev–Trinajstić information content (AvgIpc) is 2.30. The zero-order valence-corrected chi connectivity index (χ0v) is 10.9. The van der Waals surface area contributed by atoms with E-state index in [1.165, 1.54) is 38.6 Å². The molecule has 1 saturated heterocycles. The summed E-state index contributed by atoms with van der Waals surface area (Å²) in [4.78, 5) is 0. The normalized spacial score (nSPS) is 40.9. The predicted octanol–water partition coefficient (Wildman–Crippen LogP) is 2.83. The van der Waals surface area contributed by atoms with Crippen molar-refractivity contribution in [2.45, 2.75) is 52.0 Å². The van der Waals surface area contributed by atoms with E-state index in [0.29, 0.717) is 0 Å². The Morgan fingerprint density at radius 1 is 1.06 bits per heavy atom. The Hall–Kier alpha value is -0.0800. The van der Waals surface area contributed by atoms with Crippen molar-refractivity contribution in [1.82, 2.24) is 5.32 Å². The molecule has 3 unspecified atom stereocenters. The standard InChI is InChI=1S/C14H27NO/c1-11-5-3-6-12(2)14(11)15-9-13-7-4-8-16-10-13/h11-15H,3-10H2,1-2H3. The van der Waals surface area contributed by atoms with Crippen LogP contribution in [0.1, 0.15) is 46.0 Å². The van der Waals surface area contributed by atoms with Crippen molar-refractivity contribution in [3.8, 4) is 0 Å². The van der Waals surface area contributed by atoms with E-state index in [-0.39, 0.29) is 0 Å². The number of hydrogen-bond donors (Lipinski definition) is 1. The molecule has 1 N–H and O–H groups in total. The maximum atomic E-state index is 5.54. The van der Waals surface area contributed by atoms with Gasteiger partial charge in [-0.25, -0.2) is 0 Å². The van der Waals surface area contributed by atoms with Gasteiger partial charge in [0.15, 0.2) is 0 Å². The summed E-state index contributed by atoms with van der Waals surface area (Å²) >= 11 is 0. The van der Waals surface area contributed by atoms with Crippen molar-refractivity contribution >= 4 is 0 Å². The molecule has 2 aliphatic rings. The van der Waals surface area contributed by atoms with Gasteiger partial charge < -0.3 is 10.1 Å². The molecule has 1 aliphatic carbocycles. The van der Waals surface area contributed by atoms with Crippen LogP contribution in [0.3, 0.4) is 0 Å². The van der Waals surface area contributed by atoms with Gasteiger partial charge >= 0.3 is 0 Å². The van der Waals surface area contributed by atoms with Gasteiger partial charge in [-0.2, -0.15) is 0 Å². The van der Waals surface area contributed by atoms with E-state index in [0.717, 1.165) is 37.0 Å². The highest BCUT2D eigenvalue weighted by Gasteiger charge is 2.27. The van der Waals surface area contributed by atoms with Gasteiger partial charge in [-0.1, -0.05) is 20.3 Å². The van der Waals surface area contributed by atoms with Gasteiger partial charge in [0, 0.05) is 19.2 Å². The fraction of sp³-hybridized carbons (Fsp3) is 1.00. The van der Waals surface area contributed by atoms with Crippen LogP contribution in [0.4, 0.5) is 0 Å².